The number of fused-ring (bicyclic) bond motifs is 1. The van der Waals surface area contributed by atoms with Gasteiger partial charge in [0.1, 0.15) is 29.2 Å². The van der Waals surface area contributed by atoms with E-state index in [9.17, 15) is 0 Å². The van der Waals surface area contributed by atoms with Crippen LogP contribution in [0.15, 0.2) is 59.6 Å². The predicted molar refractivity (Wildman–Crippen MR) is 122 cm³/mol. The Labute approximate surface area is 188 Å². The fraction of sp³-hybridized carbons (Fsp3) is 0.182. The quantitative estimate of drug-likeness (QED) is 0.406. The van der Waals surface area contributed by atoms with Gasteiger partial charge < -0.3 is 19.4 Å². The average molecular weight is 448 g/mol. The van der Waals surface area contributed by atoms with Gasteiger partial charge in [0.15, 0.2) is 11.5 Å². The first-order valence-corrected chi connectivity index (χ1v) is 10.8. The molecule has 162 valence electrons. The van der Waals surface area contributed by atoms with Crippen LogP contribution in [0.3, 0.4) is 0 Å². The molecule has 1 N–H and O–H groups in total. The lowest BCUT2D eigenvalue weighted by molar-refractivity contribution is 0.393. The maximum atomic E-state index is 5.48. The number of aryl methyl sites for hydroxylation is 1. The number of anilines is 1. The molecular formula is C22H21N7O2S. The smallest absolute Gasteiger partial charge is 0.186 e. The molecule has 4 heterocycles. The summed E-state index contributed by atoms with van der Waals surface area (Å²) >= 11 is 1.61. The molecule has 0 aliphatic rings. The molecule has 4 aromatic heterocycles. The van der Waals surface area contributed by atoms with Crippen molar-refractivity contribution in [2.75, 3.05) is 19.5 Å². The molecule has 5 aromatic rings. The van der Waals surface area contributed by atoms with Gasteiger partial charge in [0.25, 0.3) is 0 Å². The minimum atomic E-state index is -0.301. The Morgan fingerprint density at radius 3 is 2.50 bits per heavy atom. The number of hydrogen-bond donors (Lipinski definition) is 1. The van der Waals surface area contributed by atoms with Gasteiger partial charge in [0.05, 0.1) is 14.2 Å². The van der Waals surface area contributed by atoms with Crippen molar-refractivity contribution in [1.82, 2.24) is 29.4 Å². The molecule has 0 aliphatic heterocycles. The van der Waals surface area contributed by atoms with Gasteiger partial charge in [-0.15, -0.1) is 15.3 Å². The molecule has 0 amide bonds. The van der Waals surface area contributed by atoms with Crippen LogP contribution < -0.4 is 14.8 Å². The third-order valence-electron chi connectivity index (χ3n) is 5.16. The molecule has 0 spiro atoms. The number of thiophene rings is 1. The number of rotatable bonds is 7. The van der Waals surface area contributed by atoms with Crippen molar-refractivity contribution in [3.8, 4) is 22.9 Å². The Kier molecular flexibility index (Phi) is 5.20. The topological polar surface area (TPSA) is 91.4 Å². The van der Waals surface area contributed by atoms with E-state index in [4.69, 9.17) is 14.6 Å². The SMILES string of the molecule is COc1cc(OC)cc(C(Nc2ccc3nnc(-c4ccsc4)n3n2)c2nccn2C)c1. The summed E-state index contributed by atoms with van der Waals surface area (Å²) < 4.78 is 14.7. The van der Waals surface area contributed by atoms with Crippen LogP contribution in [-0.2, 0) is 7.05 Å². The van der Waals surface area contributed by atoms with Gasteiger partial charge in [-0.05, 0) is 41.3 Å². The van der Waals surface area contributed by atoms with Crippen LogP contribution in [0.4, 0.5) is 5.82 Å². The number of benzene rings is 1. The van der Waals surface area contributed by atoms with E-state index in [2.05, 4.69) is 20.5 Å². The highest BCUT2D eigenvalue weighted by molar-refractivity contribution is 7.08. The Hall–Kier alpha value is -3.92. The fourth-order valence-corrected chi connectivity index (χ4v) is 4.17. The van der Waals surface area contributed by atoms with Crippen molar-refractivity contribution < 1.29 is 9.47 Å². The zero-order valence-corrected chi connectivity index (χ0v) is 18.6. The number of ether oxygens (including phenoxy) is 2. The summed E-state index contributed by atoms with van der Waals surface area (Å²) in [6, 6.07) is 11.2. The van der Waals surface area contributed by atoms with Crippen molar-refractivity contribution in [3.63, 3.8) is 0 Å². The average Bonchev–Trinajstić information content (AvgIpc) is 3.57. The Morgan fingerprint density at radius 1 is 1.03 bits per heavy atom. The number of methoxy groups -OCH3 is 2. The Balaban J connectivity index is 1.59. The fourth-order valence-electron chi connectivity index (χ4n) is 3.53. The second-order valence-electron chi connectivity index (χ2n) is 7.14. The number of aromatic nitrogens is 6. The first-order valence-electron chi connectivity index (χ1n) is 9.88. The van der Waals surface area contributed by atoms with E-state index in [0.717, 1.165) is 17.0 Å². The standard InChI is InChI=1S/C22H21N7O2S/c1-28-8-7-23-22(28)20(15-10-16(30-2)12-17(11-15)31-3)24-18-4-5-19-25-26-21(29(19)27-18)14-6-9-32-13-14/h4-13,20H,1-3H3,(H,24,27). The van der Waals surface area contributed by atoms with Crippen LogP contribution >= 0.6 is 11.3 Å². The summed E-state index contributed by atoms with van der Waals surface area (Å²) in [4.78, 5) is 4.57. The van der Waals surface area contributed by atoms with Gasteiger partial charge in [-0.1, -0.05) is 0 Å². The van der Waals surface area contributed by atoms with Gasteiger partial charge in [0.2, 0.25) is 0 Å². The van der Waals surface area contributed by atoms with Crippen molar-refractivity contribution in [2.24, 2.45) is 7.05 Å². The van der Waals surface area contributed by atoms with Crippen molar-refractivity contribution >= 4 is 22.8 Å². The summed E-state index contributed by atoms with van der Waals surface area (Å²) in [5.74, 6) is 3.57. The minimum Gasteiger partial charge on any atom is -0.497 e. The van der Waals surface area contributed by atoms with E-state index in [0.29, 0.717) is 28.8 Å². The van der Waals surface area contributed by atoms with Crippen molar-refractivity contribution in [1.29, 1.82) is 0 Å². The van der Waals surface area contributed by atoms with Gasteiger partial charge in [-0.3, -0.25) is 0 Å². The van der Waals surface area contributed by atoms with Crippen molar-refractivity contribution in [3.05, 3.63) is 70.9 Å². The summed E-state index contributed by atoms with van der Waals surface area (Å²) in [6.07, 6.45) is 3.68. The van der Waals surface area contributed by atoms with Crippen LogP contribution in [0.5, 0.6) is 11.5 Å². The van der Waals surface area contributed by atoms with E-state index in [-0.39, 0.29) is 6.04 Å². The van der Waals surface area contributed by atoms with Crippen molar-refractivity contribution in [2.45, 2.75) is 6.04 Å². The van der Waals surface area contributed by atoms with E-state index in [1.807, 2.05) is 65.0 Å². The normalized spacial score (nSPS) is 12.1. The molecule has 5 rings (SSSR count). The van der Waals surface area contributed by atoms with Gasteiger partial charge in [0, 0.05) is 36.5 Å². The van der Waals surface area contributed by atoms with E-state index in [1.54, 1.807) is 36.3 Å². The molecule has 0 saturated heterocycles. The Morgan fingerprint density at radius 2 is 1.84 bits per heavy atom. The predicted octanol–water partition coefficient (Wildman–Crippen LogP) is 3.81. The molecule has 0 saturated carbocycles. The lowest BCUT2D eigenvalue weighted by Crippen LogP contribution is -2.18. The molecule has 1 aromatic carbocycles. The van der Waals surface area contributed by atoms with Crippen LogP contribution in [-0.4, -0.2) is 43.6 Å². The van der Waals surface area contributed by atoms with E-state index >= 15 is 0 Å². The zero-order chi connectivity index (χ0) is 22.1. The molecule has 0 fully saturated rings. The zero-order valence-electron chi connectivity index (χ0n) is 17.8. The number of nitrogens with zero attached hydrogens (tertiary/aromatic N) is 6. The van der Waals surface area contributed by atoms with Gasteiger partial charge >= 0.3 is 0 Å². The highest BCUT2D eigenvalue weighted by Gasteiger charge is 2.21. The number of hydrogen-bond acceptors (Lipinski definition) is 8. The molecule has 0 bridgehead atoms. The lowest BCUT2D eigenvalue weighted by Gasteiger charge is -2.21. The number of nitrogens with one attached hydrogen (secondary N) is 1. The molecule has 32 heavy (non-hydrogen) atoms. The second-order valence-corrected chi connectivity index (χ2v) is 7.92. The van der Waals surface area contributed by atoms with Crippen LogP contribution in [0.25, 0.3) is 17.0 Å². The summed E-state index contributed by atoms with van der Waals surface area (Å²) in [5.41, 5.74) is 2.58. The maximum absolute atomic E-state index is 5.48. The monoisotopic (exact) mass is 447 g/mol. The van der Waals surface area contributed by atoms with Crippen LogP contribution in [0.2, 0.25) is 0 Å². The summed E-state index contributed by atoms with van der Waals surface area (Å²) in [6.45, 7) is 0. The van der Waals surface area contributed by atoms with E-state index in [1.165, 1.54) is 0 Å². The third kappa shape index (κ3) is 3.65. The molecule has 1 atom stereocenters. The third-order valence-corrected chi connectivity index (χ3v) is 5.84. The molecule has 0 aliphatic carbocycles. The molecule has 10 heteroatoms. The van der Waals surface area contributed by atoms with Crippen LogP contribution in [0, 0.1) is 0 Å². The molecule has 1 unspecified atom stereocenters. The number of imidazole rings is 1. The van der Waals surface area contributed by atoms with Gasteiger partial charge in [-0.2, -0.15) is 15.9 Å². The summed E-state index contributed by atoms with van der Waals surface area (Å²) in [5, 5.41) is 20.9. The van der Waals surface area contributed by atoms with Gasteiger partial charge in [-0.25, -0.2) is 4.98 Å². The lowest BCUT2D eigenvalue weighted by atomic mass is 10.0. The summed E-state index contributed by atoms with van der Waals surface area (Å²) in [7, 11) is 5.23. The maximum Gasteiger partial charge on any atom is 0.186 e. The molecule has 9 nitrogen and oxygen atoms in total. The van der Waals surface area contributed by atoms with E-state index < -0.39 is 0 Å². The highest BCUT2D eigenvalue weighted by atomic mass is 32.1. The minimum absolute atomic E-state index is 0.301. The Bertz CT molecular complexity index is 1340. The first kappa shape index (κ1) is 20.0. The first-order chi connectivity index (χ1) is 15.7. The largest absolute Gasteiger partial charge is 0.497 e. The van der Waals surface area contributed by atoms with Crippen LogP contribution in [0.1, 0.15) is 17.4 Å². The molecular weight excluding hydrogens is 426 g/mol. The highest BCUT2D eigenvalue weighted by Crippen LogP contribution is 2.31. The molecule has 0 radical (unpaired) electrons. The second kappa shape index (κ2) is 8.31.